The molecule has 138 valence electrons. The Hall–Kier alpha value is -3.41. The molecule has 1 aliphatic heterocycles. The molecule has 2 heterocycles. The van der Waals surface area contributed by atoms with Gasteiger partial charge in [0.05, 0.1) is 0 Å². The third-order valence-electron chi connectivity index (χ3n) is 4.18. The van der Waals surface area contributed by atoms with Crippen LogP contribution in [-0.2, 0) is 6.42 Å². The summed E-state index contributed by atoms with van der Waals surface area (Å²) >= 11 is 0. The van der Waals surface area contributed by atoms with E-state index in [-0.39, 0.29) is 0 Å². The molecular formula is C21H23N5O. The van der Waals surface area contributed by atoms with Crippen LogP contribution in [-0.4, -0.2) is 18.1 Å². The van der Waals surface area contributed by atoms with E-state index in [1.165, 1.54) is 11.1 Å². The van der Waals surface area contributed by atoms with Crippen LogP contribution in [0.5, 0.6) is 0 Å². The highest BCUT2D eigenvalue weighted by atomic mass is 16.3. The molecule has 6 nitrogen and oxygen atoms in total. The van der Waals surface area contributed by atoms with Gasteiger partial charge in [0.25, 0.3) is 0 Å². The maximum absolute atomic E-state index is 11.1. The van der Waals surface area contributed by atoms with E-state index in [9.17, 15) is 4.91 Å². The van der Waals surface area contributed by atoms with Crippen LogP contribution in [0.2, 0.25) is 0 Å². The van der Waals surface area contributed by atoms with E-state index < -0.39 is 0 Å². The van der Waals surface area contributed by atoms with Crippen LogP contribution in [0.1, 0.15) is 12.5 Å². The van der Waals surface area contributed by atoms with Crippen molar-refractivity contribution in [3.8, 4) is 0 Å². The number of nitrogens with zero attached hydrogens (tertiary/aromatic N) is 2. The largest absolute Gasteiger partial charge is 0.387 e. The number of aromatic nitrogens is 1. The van der Waals surface area contributed by atoms with Gasteiger partial charge in [-0.25, -0.2) is 4.98 Å². The van der Waals surface area contributed by atoms with Crippen molar-refractivity contribution in [3.63, 3.8) is 0 Å². The van der Waals surface area contributed by atoms with Gasteiger partial charge in [-0.05, 0) is 60.1 Å². The lowest BCUT2D eigenvalue weighted by molar-refractivity contribution is 0.900. The van der Waals surface area contributed by atoms with Crippen LogP contribution in [0.25, 0.3) is 0 Å². The summed E-state index contributed by atoms with van der Waals surface area (Å²) in [6.45, 7) is 3.37. The molecule has 0 saturated carbocycles. The highest BCUT2D eigenvalue weighted by Crippen LogP contribution is 2.27. The maximum Gasteiger partial charge on any atom is 0.158 e. The normalized spacial score (nSPS) is 13.1. The van der Waals surface area contributed by atoms with E-state index in [2.05, 4.69) is 38.3 Å². The predicted molar refractivity (Wildman–Crippen MR) is 112 cm³/mol. The lowest BCUT2D eigenvalue weighted by Crippen LogP contribution is -2.18. The topological polar surface area (TPSA) is 78.4 Å². The number of pyridine rings is 1. The first-order chi connectivity index (χ1) is 13.3. The molecule has 3 N–H and O–H groups in total. The summed E-state index contributed by atoms with van der Waals surface area (Å²) < 4.78 is 0. The molecule has 1 aromatic heterocycles. The zero-order valence-electron chi connectivity index (χ0n) is 15.3. The summed E-state index contributed by atoms with van der Waals surface area (Å²) in [5.41, 5.74) is 3.63. The molecule has 0 unspecified atom stereocenters. The average Bonchev–Trinajstić information content (AvgIpc) is 2.72. The molecule has 27 heavy (non-hydrogen) atoms. The zero-order chi connectivity index (χ0) is 18.9. The van der Waals surface area contributed by atoms with Gasteiger partial charge in [-0.1, -0.05) is 36.4 Å². The first-order valence-electron chi connectivity index (χ1n) is 8.92. The van der Waals surface area contributed by atoms with Gasteiger partial charge in [-0.3, -0.25) is 0 Å². The van der Waals surface area contributed by atoms with Gasteiger partial charge in [0.2, 0.25) is 0 Å². The number of anilines is 3. The fraction of sp³-hybridized carbons (Fsp3) is 0.190. The molecule has 0 aliphatic carbocycles. The second-order valence-electron chi connectivity index (χ2n) is 6.13. The Morgan fingerprint density at radius 2 is 2.15 bits per heavy atom. The highest BCUT2D eigenvalue weighted by Gasteiger charge is 2.09. The minimum atomic E-state index is 0.294. The van der Waals surface area contributed by atoms with Crippen molar-refractivity contribution in [2.75, 3.05) is 23.7 Å². The van der Waals surface area contributed by atoms with Crippen LogP contribution >= 0.6 is 0 Å². The number of allylic oxidation sites excluding steroid dienone is 4. The third kappa shape index (κ3) is 5.04. The molecule has 3 rings (SSSR count). The summed E-state index contributed by atoms with van der Waals surface area (Å²) in [7, 11) is 0. The Bertz CT molecular complexity index is 886. The summed E-state index contributed by atoms with van der Waals surface area (Å²) in [6.07, 6.45) is 10.9. The molecule has 0 radical (unpaired) electrons. The first-order valence-corrected chi connectivity index (χ1v) is 8.92. The van der Waals surface area contributed by atoms with Gasteiger partial charge >= 0.3 is 0 Å². The Morgan fingerprint density at radius 1 is 1.26 bits per heavy atom. The Labute approximate surface area is 159 Å². The third-order valence-corrected chi connectivity index (χ3v) is 4.18. The van der Waals surface area contributed by atoms with Gasteiger partial charge in [-0.15, -0.1) is 4.91 Å². The fourth-order valence-corrected chi connectivity index (χ4v) is 2.75. The minimum absolute atomic E-state index is 0.294. The lowest BCUT2D eigenvalue weighted by atomic mass is 10.1. The molecular weight excluding hydrogens is 338 g/mol. The van der Waals surface area contributed by atoms with Crippen molar-refractivity contribution in [2.24, 2.45) is 5.18 Å². The Balaban J connectivity index is 1.78. The van der Waals surface area contributed by atoms with Crippen molar-refractivity contribution < 1.29 is 0 Å². The van der Waals surface area contributed by atoms with E-state index in [1.807, 2.05) is 49.6 Å². The van der Waals surface area contributed by atoms with E-state index in [0.717, 1.165) is 18.7 Å². The number of nitrogens with one attached hydrogen (secondary N) is 3. The van der Waals surface area contributed by atoms with Gasteiger partial charge in [-0.2, -0.15) is 0 Å². The highest BCUT2D eigenvalue weighted by molar-refractivity contribution is 5.68. The zero-order valence-corrected chi connectivity index (χ0v) is 15.3. The molecule has 2 aromatic rings. The van der Waals surface area contributed by atoms with Crippen LogP contribution in [0.3, 0.4) is 0 Å². The molecule has 1 aliphatic rings. The summed E-state index contributed by atoms with van der Waals surface area (Å²) in [4.78, 5) is 15.7. The second-order valence-corrected chi connectivity index (χ2v) is 6.13. The average molecular weight is 361 g/mol. The minimum Gasteiger partial charge on any atom is -0.387 e. The first kappa shape index (κ1) is 18.4. The van der Waals surface area contributed by atoms with Gasteiger partial charge < -0.3 is 16.0 Å². The number of dihydropyridines is 1. The number of para-hydroxylation sites is 1. The van der Waals surface area contributed by atoms with E-state index in [4.69, 9.17) is 0 Å². The van der Waals surface area contributed by atoms with Crippen LogP contribution in [0, 0.1) is 4.91 Å². The van der Waals surface area contributed by atoms with E-state index in [0.29, 0.717) is 23.9 Å². The van der Waals surface area contributed by atoms with Crippen molar-refractivity contribution >= 4 is 23.0 Å². The number of rotatable bonds is 8. The molecule has 0 bridgehead atoms. The standard InChI is InChI=1S/C21H23N5O/c1-2-3-8-17-9-4-5-10-18(17)24-20-12-11-19(26-27)21(25-20)23-15-16-7-6-13-22-14-16/h2-7,9-13,22H,8,14-15H2,1H3,(H2,23,24,25)/b3-2+. The van der Waals surface area contributed by atoms with Crippen LogP contribution in [0.4, 0.5) is 23.0 Å². The van der Waals surface area contributed by atoms with E-state index in [1.54, 1.807) is 12.1 Å². The van der Waals surface area contributed by atoms with Crippen molar-refractivity contribution in [3.05, 3.63) is 82.9 Å². The quantitative estimate of drug-likeness (QED) is 0.465. The molecule has 0 amide bonds. The summed E-state index contributed by atoms with van der Waals surface area (Å²) in [5, 5.41) is 12.8. The van der Waals surface area contributed by atoms with Gasteiger partial charge in [0, 0.05) is 18.8 Å². The Morgan fingerprint density at radius 3 is 2.93 bits per heavy atom. The van der Waals surface area contributed by atoms with E-state index >= 15 is 0 Å². The summed E-state index contributed by atoms with van der Waals surface area (Å²) in [6, 6.07) is 11.5. The molecule has 0 spiro atoms. The molecule has 0 saturated heterocycles. The Kier molecular flexibility index (Phi) is 6.35. The smallest absolute Gasteiger partial charge is 0.158 e. The lowest BCUT2D eigenvalue weighted by Gasteiger charge is -2.15. The van der Waals surface area contributed by atoms with Crippen molar-refractivity contribution in [2.45, 2.75) is 13.3 Å². The number of nitroso groups, excluding NO2 is 1. The van der Waals surface area contributed by atoms with Crippen molar-refractivity contribution in [1.29, 1.82) is 0 Å². The molecule has 0 fully saturated rings. The van der Waals surface area contributed by atoms with Crippen LogP contribution < -0.4 is 16.0 Å². The predicted octanol–water partition coefficient (Wildman–Crippen LogP) is 4.80. The molecule has 0 atom stereocenters. The number of benzene rings is 1. The monoisotopic (exact) mass is 361 g/mol. The summed E-state index contributed by atoms with van der Waals surface area (Å²) in [5.74, 6) is 1.13. The van der Waals surface area contributed by atoms with Gasteiger partial charge in [0.15, 0.2) is 5.82 Å². The SMILES string of the molecule is C/C=C/Cc1ccccc1Nc1ccc(N=O)c(NCC2=CC=CNC2)n1. The molecule has 1 aromatic carbocycles. The fourth-order valence-electron chi connectivity index (χ4n) is 2.75. The van der Waals surface area contributed by atoms with Crippen LogP contribution in [0.15, 0.2) is 77.7 Å². The number of hydrogen-bond acceptors (Lipinski definition) is 6. The second kappa shape index (κ2) is 9.33. The van der Waals surface area contributed by atoms with Crippen molar-refractivity contribution in [1.82, 2.24) is 10.3 Å². The number of hydrogen-bond donors (Lipinski definition) is 3. The van der Waals surface area contributed by atoms with Gasteiger partial charge in [0.1, 0.15) is 11.5 Å². The maximum atomic E-state index is 11.1. The molecule has 6 heteroatoms.